The van der Waals surface area contributed by atoms with Crippen LogP contribution in [0.4, 0.5) is 0 Å². The van der Waals surface area contributed by atoms with E-state index in [2.05, 4.69) is 11.4 Å². The average Bonchev–Trinajstić information content (AvgIpc) is 2.59. The van der Waals surface area contributed by atoms with Gasteiger partial charge in [-0.05, 0) is 62.1 Å². The fraction of sp³-hybridized carbons (Fsp3) is 0.300. The largest absolute Gasteiger partial charge is 0.481 e. The Balaban J connectivity index is 1.69. The van der Waals surface area contributed by atoms with E-state index in [0.717, 1.165) is 24.8 Å². The van der Waals surface area contributed by atoms with E-state index >= 15 is 0 Å². The van der Waals surface area contributed by atoms with Gasteiger partial charge in [0.25, 0.3) is 5.91 Å². The van der Waals surface area contributed by atoms with Crippen LogP contribution in [0.5, 0.6) is 5.75 Å². The van der Waals surface area contributed by atoms with Crippen molar-refractivity contribution >= 4 is 17.5 Å². The van der Waals surface area contributed by atoms with E-state index < -0.39 is 6.10 Å². The van der Waals surface area contributed by atoms with Crippen molar-refractivity contribution in [1.29, 1.82) is 5.26 Å². The van der Waals surface area contributed by atoms with Gasteiger partial charge in [-0.2, -0.15) is 5.26 Å². The molecular formula is C20H19ClN2O2. The predicted octanol–water partition coefficient (Wildman–Crippen LogP) is 4.17. The standard InChI is InChI=1S/C20H19ClN2O2/c1-14(25-18-5-2-4-15(12-18)13-22)19(24)23-20(10-3-11-20)16-6-8-17(21)9-7-16/h2,4-9,12,14H,3,10-11H2,1H3,(H,23,24). The first-order valence-corrected chi connectivity index (χ1v) is 8.65. The molecule has 4 nitrogen and oxygen atoms in total. The van der Waals surface area contributed by atoms with Gasteiger partial charge in [-0.15, -0.1) is 0 Å². The van der Waals surface area contributed by atoms with Gasteiger partial charge in [0.15, 0.2) is 6.10 Å². The third kappa shape index (κ3) is 3.78. The summed E-state index contributed by atoms with van der Waals surface area (Å²) in [6, 6.07) is 16.5. The van der Waals surface area contributed by atoms with Crippen LogP contribution in [0.1, 0.15) is 37.3 Å². The fourth-order valence-corrected chi connectivity index (χ4v) is 3.15. The highest BCUT2D eigenvalue weighted by atomic mass is 35.5. The molecule has 0 aliphatic heterocycles. The first-order valence-electron chi connectivity index (χ1n) is 8.27. The molecule has 1 atom stereocenters. The van der Waals surface area contributed by atoms with Crippen molar-refractivity contribution in [2.24, 2.45) is 0 Å². The maximum absolute atomic E-state index is 12.6. The van der Waals surface area contributed by atoms with Gasteiger partial charge in [0.1, 0.15) is 5.75 Å². The molecule has 1 N–H and O–H groups in total. The Morgan fingerprint density at radius 1 is 1.28 bits per heavy atom. The molecule has 25 heavy (non-hydrogen) atoms. The Morgan fingerprint density at radius 2 is 2.00 bits per heavy atom. The molecule has 1 amide bonds. The number of nitriles is 1. The Bertz CT molecular complexity index is 807. The van der Waals surface area contributed by atoms with Gasteiger partial charge in [0, 0.05) is 5.02 Å². The highest BCUT2D eigenvalue weighted by Gasteiger charge is 2.40. The number of hydrogen-bond donors (Lipinski definition) is 1. The summed E-state index contributed by atoms with van der Waals surface area (Å²) in [6.45, 7) is 1.71. The summed E-state index contributed by atoms with van der Waals surface area (Å²) in [6.07, 6.45) is 2.22. The van der Waals surface area contributed by atoms with E-state index in [9.17, 15) is 4.79 Å². The minimum absolute atomic E-state index is 0.169. The monoisotopic (exact) mass is 354 g/mol. The first-order chi connectivity index (χ1) is 12.0. The van der Waals surface area contributed by atoms with Crippen LogP contribution in [0.2, 0.25) is 5.02 Å². The molecule has 0 aromatic heterocycles. The average molecular weight is 355 g/mol. The number of halogens is 1. The summed E-state index contributed by atoms with van der Waals surface area (Å²) >= 11 is 5.96. The molecule has 0 heterocycles. The van der Waals surface area contributed by atoms with E-state index in [1.807, 2.05) is 24.3 Å². The molecule has 0 bridgehead atoms. The van der Waals surface area contributed by atoms with Crippen molar-refractivity contribution in [1.82, 2.24) is 5.32 Å². The smallest absolute Gasteiger partial charge is 0.261 e. The van der Waals surface area contributed by atoms with Crippen LogP contribution in [0.25, 0.3) is 0 Å². The zero-order valence-electron chi connectivity index (χ0n) is 14.0. The fourth-order valence-electron chi connectivity index (χ4n) is 3.02. The van der Waals surface area contributed by atoms with Gasteiger partial charge in [-0.3, -0.25) is 4.79 Å². The Labute approximate surface area is 152 Å². The van der Waals surface area contributed by atoms with Gasteiger partial charge in [-0.25, -0.2) is 0 Å². The minimum atomic E-state index is -0.654. The molecule has 1 saturated carbocycles. The maximum atomic E-state index is 12.6. The van der Waals surface area contributed by atoms with Crippen molar-refractivity contribution in [3.63, 3.8) is 0 Å². The quantitative estimate of drug-likeness (QED) is 0.876. The summed E-state index contributed by atoms with van der Waals surface area (Å²) in [4.78, 5) is 12.6. The predicted molar refractivity (Wildman–Crippen MR) is 96.4 cm³/mol. The zero-order valence-corrected chi connectivity index (χ0v) is 14.7. The summed E-state index contributed by atoms with van der Waals surface area (Å²) in [5, 5.41) is 12.8. The summed E-state index contributed by atoms with van der Waals surface area (Å²) in [5.74, 6) is 0.341. The normalized spacial score (nSPS) is 16.2. The maximum Gasteiger partial charge on any atom is 0.261 e. The molecule has 2 aromatic rings. The number of benzene rings is 2. The molecule has 128 valence electrons. The second-order valence-corrected chi connectivity index (χ2v) is 6.77. The van der Waals surface area contributed by atoms with Crippen LogP contribution in [-0.4, -0.2) is 12.0 Å². The van der Waals surface area contributed by atoms with E-state index in [0.29, 0.717) is 16.3 Å². The topological polar surface area (TPSA) is 62.1 Å². The number of nitrogens with one attached hydrogen (secondary N) is 1. The van der Waals surface area contributed by atoms with E-state index in [-0.39, 0.29) is 11.4 Å². The first kappa shape index (κ1) is 17.3. The lowest BCUT2D eigenvalue weighted by atomic mass is 9.71. The summed E-state index contributed by atoms with van der Waals surface area (Å²) in [5.41, 5.74) is 1.23. The highest BCUT2D eigenvalue weighted by Crippen LogP contribution is 2.41. The van der Waals surface area contributed by atoms with Gasteiger partial charge >= 0.3 is 0 Å². The lowest BCUT2D eigenvalue weighted by Gasteiger charge is -2.43. The van der Waals surface area contributed by atoms with Crippen molar-refractivity contribution in [3.05, 3.63) is 64.7 Å². The Kier molecular flexibility index (Phi) is 4.96. The van der Waals surface area contributed by atoms with Crippen molar-refractivity contribution < 1.29 is 9.53 Å². The SMILES string of the molecule is CC(Oc1cccc(C#N)c1)C(=O)NC1(c2ccc(Cl)cc2)CCC1. The zero-order chi connectivity index (χ0) is 17.9. The van der Waals surface area contributed by atoms with E-state index in [1.165, 1.54) is 0 Å². The van der Waals surface area contributed by atoms with Crippen LogP contribution in [0.3, 0.4) is 0 Å². The van der Waals surface area contributed by atoms with Crippen LogP contribution in [0.15, 0.2) is 48.5 Å². The van der Waals surface area contributed by atoms with Crippen molar-refractivity contribution in [2.75, 3.05) is 0 Å². The number of nitrogens with zero attached hydrogens (tertiary/aromatic N) is 1. The van der Waals surface area contributed by atoms with Crippen LogP contribution in [0, 0.1) is 11.3 Å². The van der Waals surface area contributed by atoms with Gasteiger partial charge < -0.3 is 10.1 Å². The molecule has 1 aliphatic rings. The van der Waals surface area contributed by atoms with Crippen molar-refractivity contribution in [3.8, 4) is 11.8 Å². The molecule has 1 aliphatic carbocycles. The third-order valence-corrected chi connectivity index (χ3v) is 4.86. The highest BCUT2D eigenvalue weighted by molar-refractivity contribution is 6.30. The molecule has 2 aromatic carbocycles. The van der Waals surface area contributed by atoms with Crippen LogP contribution >= 0.6 is 11.6 Å². The number of rotatable bonds is 5. The van der Waals surface area contributed by atoms with Gasteiger partial charge in [-0.1, -0.05) is 29.8 Å². The molecule has 1 fully saturated rings. The van der Waals surface area contributed by atoms with E-state index in [4.69, 9.17) is 21.6 Å². The van der Waals surface area contributed by atoms with Crippen LogP contribution < -0.4 is 10.1 Å². The second kappa shape index (κ2) is 7.16. The molecule has 3 rings (SSSR count). The molecule has 1 unspecified atom stereocenters. The van der Waals surface area contributed by atoms with Crippen LogP contribution in [-0.2, 0) is 10.3 Å². The number of carbonyl (C=O) groups excluding carboxylic acids is 1. The molecule has 0 saturated heterocycles. The summed E-state index contributed by atoms with van der Waals surface area (Å²) in [7, 11) is 0. The van der Waals surface area contributed by atoms with Gasteiger partial charge in [0.2, 0.25) is 0 Å². The Hall–Kier alpha value is -2.51. The lowest BCUT2D eigenvalue weighted by Crippen LogP contribution is -2.54. The number of hydrogen-bond acceptors (Lipinski definition) is 3. The third-order valence-electron chi connectivity index (χ3n) is 4.61. The Morgan fingerprint density at radius 3 is 2.60 bits per heavy atom. The van der Waals surface area contributed by atoms with E-state index in [1.54, 1.807) is 31.2 Å². The molecule has 0 spiro atoms. The number of amides is 1. The van der Waals surface area contributed by atoms with Crippen molar-refractivity contribution in [2.45, 2.75) is 37.8 Å². The van der Waals surface area contributed by atoms with Gasteiger partial charge in [0.05, 0.1) is 17.2 Å². The number of carbonyl (C=O) groups is 1. The lowest BCUT2D eigenvalue weighted by molar-refractivity contribution is -0.130. The molecule has 5 heteroatoms. The second-order valence-electron chi connectivity index (χ2n) is 6.33. The number of ether oxygens (including phenoxy) is 1. The summed E-state index contributed by atoms with van der Waals surface area (Å²) < 4.78 is 5.70. The minimum Gasteiger partial charge on any atom is -0.481 e. The molecular weight excluding hydrogens is 336 g/mol. The molecule has 0 radical (unpaired) electrons.